The zero-order chi connectivity index (χ0) is 10.8. The van der Waals surface area contributed by atoms with Crippen LogP contribution in [0.3, 0.4) is 0 Å². The van der Waals surface area contributed by atoms with Gasteiger partial charge in [0, 0.05) is 20.0 Å². The van der Waals surface area contributed by atoms with E-state index < -0.39 is 0 Å². The average Bonchev–Trinajstić information content (AvgIpc) is 2.21. The molecule has 0 heterocycles. The van der Waals surface area contributed by atoms with E-state index in [1.54, 1.807) is 7.05 Å². The van der Waals surface area contributed by atoms with Gasteiger partial charge in [0.2, 0.25) is 0 Å². The van der Waals surface area contributed by atoms with Crippen LogP contribution in [0.25, 0.3) is 0 Å². The predicted molar refractivity (Wildman–Crippen MR) is 55.3 cm³/mol. The number of hydrogen-bond acceptors (Lipinski definition) is 3. The molecule has 0 saturated carbocycles. The molecule has 0 aliphatic heterocycles. The Morgan fingerprint density at radius 1 is 1.50 bits per heavy atom. The van der Waals surface area contributed by atoms with E-state index in [9.17, 15) is 4.79 Å². The summed E-state index contributed by atoms with van der Waals surface area (Å²) >= 11 is 0. The highest BCUT2D eigenvalue weighted by atomic mass is 16.5. The normalized spacial score (nSPS) is 9.29. The van der Waals surface area contributed by atoms with Crippen molar-refractivity contribution >= 4 is 11.9 Å². The second-order valence-corrected chi connectivity index (χ2v) is 2.88. The van der Waals surface area contributed by atoms with Gasteiger partial charge in [-0.2, -0.15) is 0 Å². The lowest BCUT2D eigenvalue weighted by atomic mass is 10.3. The Labute approximate surface area is 84.7 Å². The van der Waals surface area contributed by atoms with Gasteiger partial charge in [-0.05, 0) is 12.8 Å². The van der Waals surface area contributed by atoms with Crippen LogP contribution in [0.5, 0.6) is 0 Å². The minimum Gasteiger partial charge on any atom is -0.466 e. The Morgan fingerprint density at radius 2 is 2.21 bits per heavy atom. The molecule has 0 unspecified atom stereocenters. The van der Waals surface area contributed by atoms with Gasteiger partial charge in [-0.1, -0.05) is 6.92 Å². The molecule has 14 heavy (non-hydrogen) atoms. The van der Waals surface area contributed by atoms with Crippen molar-refractivity contribution in [2.24, 2.45) is 0 Å². The van der Waals surface area contributed by atoms with E-state index in [1.165, 1.54) is 0 Å². The third kappa shape index (κ3) is 7.39. The number of rotatable bonds is 6. The van der Waals surface area contributed by atoms with Gasteiger partial charge in [-0.15, -0.1) is 0 Å². The number of guanidine groups is 1. The van der Waals surface area contributed by atoms with Crippen LogP contribution in [-0.2, 0) is 9.53 Å². The number of esters is 1. The van der Waals surface area contributed by atoms with Crippen LogP contribution in [0.15, 0.2) is 0 Å². The summed E-state index contributed by atoms with van der Waals surface area (Å²) in [6.45, 7) is 3.07. The third-order valence-electron chi connectivity index (χ3n) is 1.58. The van der Waals surface area contributed by atoms with E-state index in [1.807, 2.05) is 6.92 Å². The maximum Gasteiger partial charge on any atom is 0.305 e. The smallest absolute Gasteiger partial charge is 0.305 e. The third-order valence-corrected chi connectivity index (χ3v) is 1.58. The minimum atomic E-state index is -0.162. The van der Waals surface area contributed by atoms with E-state index in [2.05, 4.69) is 10.6 Å². The summed E-state index contributed by atoms with van der Waals surface area (Å²) in [5.41, 5.74) is 0. The van der Waals surface area contributed by atoms with E-state index in [0.29, 0.717) is 26.0 Å². The molecule has 3 N–H and O–H groups in total. The zero-order valence-electron chi connectivity index (χ0n) is 8.85. The van der Waals surface area contributed by atoms with Crippen LogP contribution in [0.2, 0.25) is 0 Å². The van der Waals surface area contributed by atoms with Crippen LogP contribution in [0.1, 0.15) is 26.2 Å². The maximum atomic E-state index is 11.0. The molecular weight excluding hydrogens is 182 g/mol. The SMILES string of the molecule is CCCOC(=O)CCCNC(=N)NC. The van der Waals surface area contributed by atoms with E-state index >= 15 is 0 Å². The fraction of sp³-hybridized carbons (Fsp3) is 0.778. The molecule has 0 saturated heterocycles. The fourth-order valence-electron chi connectivity index (χ4n) is 0.823. The highest BCUT2D eigenvalue weighted by Crippen LogP contribution is 1.92. The van der Waals surface area contributed by atoms with E-state index in [4.69, 9.17) is 10.1 Å². The standard InChI is InChI=1S/C9H19N3O2/c1-3-7-14-8(13)5-4-6-12-9(10)11-2/h3-7H2,1-2H3,(H3,10,11,12). The van der Waals surface area contributed by atoms with Gasteiger partial charge in [-0.3, -0.25) is 10.2 Å². The van der Waals surface area contributed by atoms with Gasteiger partial charge in [0.05, 0.1) is 6.61 Å². The zero-order valence-corrected chi connectivity index (χ0v) is 8.85. The quantitative estimate of drug-likeness (QED) is 0.253. The summed E-state index contributed by atoms with van der Waals surface area (Å²) in [6, 6.07) is 0. The van der Waals surface area contributed by atoms with Gasteiger partial charge in [0.25, 0.3) is 0 Å². The topological polar surface area (TPSA) is 74.2 Å². The van der Waals surface area contributed by atoms with Crippen LogP contribution >= 0.6 is 0 Å². The van der Waals surface area contributed by atoms with E-state index in [-0.39, 0.29) is 11.9 Å². The number of carbonyl (C=O) groups excluding carboxylic acids is 1. The van der Waals surface area contributed by atoms with Crippen molar-refractivity contribution in [1.82, 2.24) is 10.6 Å². The lowest BCUT2D eigenvalue weighted by Gasteiger charge is -2.06. The molecule has 0 aromatic carbocycles. The van der Waals surface area contributed by atoms with Gasteiger partial charge in [0.15, 0.2) is 5.96 Å². The lowest BCUT2D eigenvalue weighted by Crippen LogP contribution is -2.34. The van der Waals surface area contributed by atoms with Crippen LogP contribution in [0, 0.1) is 5.41 Å². The molecular formula is C9H19N3O2. The van der Waals surface area contributed by atoms with Gasteiger partial charge in [-0.25, -0.2) is 0 Å². The molecule has 0 bridgehead atoms. The number of nitrogens with one attached hydrogen (secondary N) is 3. The van der Waals surface area contributed by atoms with Crippen molar-refractivity contribution < 1.29 is 9.53 Å². The van der Waals surface area contributed by atoms with Crippen molar-refractivity contribution in [3.05, 3.63) is 0 Å². The van der Waals surface area contributed by atoms with Crippen molar-refractivity contribution in [2.45, 2.75) is 26.2 Å². The lowest BCUT2D eigenvalue weighted by molar-refractivity contribution is -0.143. The Kier molecular flexibility index (Phi) is 7.59. The molecule has 0 rings (SSSR count). The van der Waals surface area contributed by atoms with Crippen molar-refractivity contribution in [3.63, 3.8) is 0 Å². The molecule has 82 valence electrons. The van der Waals surface area contributed by atoms with Crippen molar-refractivity contribution in [3.8, 4) is 0 Å². The van der Waals surface area contributed by atoms with Gasteiger partial charge >= 0.3 is 5.97 Å². The highest BCUT2D eigenvalue weighted by molar-refractivity contribution is 5.76. The molecule has 0 fully saturated rings. The number of carbonyl (C=O) groups is 1. The first-order valence-corrected chi connectivity index (χ1v) is 4.86. The summed E-state index contributed by atoms with van der Waals surface area (Å²) in [7, 11) is 1.67. The molecule has 0 aliphatic carbocycles. The Balaban J connectivity index is 3.27. The summed E-state index contributed by atoms with van der Waals surface area (Å²) in [5, 5.41) is 12.6. The Morgan fingerprint density at radius 3 is 2.79 bits per heavy atom. The Bertz CT molecular complexity index is 183. The molecule has 0 amide bonds. The van der Waals surface area contributed by atoms with Gasteiger partial charge < -0.3 is 15.4 Å². The molecule has 0 radical (unpaired) electrons. The van der Waals surface area contributed by atoms with Crippen molar-refractivity contribution in [2.75, 3.05) is 20.2 Å². The minimum absolute atomic E-state index is 0.162. The predicted octanol–water partition coefficient (Wildman–Crippen LogP) is 0.464. The fourth-order valence-corrected chi connectivity index (χ4v) is 0.823. The highest BCUT2D eigenvalue weighted by Gasteiger charge is 2.01. The molecule has 0 aromatic rings. The first-order chi connectivity index (χ1) is 6.70. The van der Waals surface area contributed by atoms with Crippen LogP contribution in [-0.4, -0.2) is 32.1 Å². The Hall–Kier alpha value is -1.26. The summed E-state index contributed by atoms with van der Waals surface area (Å²) < 4.78 is 4.89. The largest absolute Gasteiger partial charge is 0.466 e. The monoisotopic (exact) mass is 201 g/mol. The first-order valence-electron chi connectivity index (χ1n) is 4.86. The van der Waals surface area contributed by atoms with Crippen LogP contribution in [0.4, 0.5) is 0 Å². The summed E-state index contributed by atoms with van der Waals surface area (Å²) in [6.07, 6.45) is 1.95. The summed E-state index contributed by atoms with van der Waals surface area (Å²) in [4.78, 5) is 11.0. The molecule has 5 nitrogen and oxygen atoms in total. The van der Waals surface area contributed by atoms with E-state index in [0.717, 1.165) is 6.42 Å². The first kappa shape index (κ1) is 12.7. The molecule has 0 atom stereocenters. The second kappa shape index (κ2) is 8.34. The molecule has 0 spiro atoms. The molecule has 0 aromatic heterocycles. The van der Waals surface area contributed by atoms with Crippen molar-refractivity contribution in [1.29, 1.82) is 5.41 Å². The average molecular weight is 201 g/mol. The maximum absolute atomic E-state index is 11.0. The summed E-state index contributed by atoms with van der Waals surface area (Å²) in [5.74, 6) is 0.108. The molecule has 0 aliphatic rings. The van der Waals surface area contributed by atoms with Gasteiger partial charge in [0.1, 0.15) is 0 Å². The van der Waals surface area contributed by atoms with Crippen LogP contribution < -0.4 is 10.6 Å². The molecule has 5 heteroatoms. The second-order valence-electron chi connectivity index (χ2n) is 2.88. The number of hydrogen-bond donors (Lipinski definition) is 3. The number of ether oxygens (including phenoxy) is 1.